The van der Waals surface area contributed by atoms with Crippen LogP contribution >= 0.6 is 11.3 Å². The van der Waals surface area contributed by atoms with E-state index in [1.165, 1.54) is 20.5 Å². The molecule has 0 aliphatic heterocycles. The highest BCUT2D eigenvalue weighted by Crippen LogP contribution is 2.19. The molecule has 0 aliphatic carbocycles. The Labute approximate surface area is 183 Å². The maximum Gasteiger partial charge on any atom is 0.336 e. The lowest BCUT2D eigenvalue weighted by molar-refractivity contribution is -0.116. The van der Waals surface area contributed by atoms with E-state index in [4.69, 9.17) is 0 Å². The molecule has 7 heteroatoms. The van der Waals surface area contributed by atoms with Gasteiger partial charge in [0.15, 0.2) is 0 Å². The smallest absolute Gasteiger partial charge is 0.324 e. The van der Waals surface area contributed by atoms with E-state index in [0.29, 0.717) is 15.9 Å². The molecular weight excluding hydrogens is 410 g/mol. The number of fused-ring (bicyclic) bond motifs is 1. The summed E-state index contributed by atoms with van der Waals surface area (Å²) in [7, 11) is 0. The van der Waals surface area contributed by atoms with E-state index in [1.807, 2.05) is 63.2 Å². The molecule has 4 aromatic rings. The van der Waals surface area contributed by atoms with Crippen molar-refractivity contribution in [1.82, 2.24) is 9.13 Å². The van der Waals surface area contributed by atoms with Gasteiger partial charge in [-0.15, -0.1) is 11.3 Å². The lowest BCUT2D eigenvalue weighted by atomic mass is 10.1. The predicted molar refractivity (Wildman–Crippen MR) is 126 cm³/mol. The average molecular weight is 434 g/mol. The van der Waals surface area contributed by atoms with Crippen LogP contribution in [-0.4, -0.2) is 15.0 Å². The fraction of sp³-hybridized carbons (Fsp3) is 0.208. The van der Waals surface area contributed by atoms with Crippen molar-refractivity contribution in [3.63, 3.8) is 0 Å². The molecule has 0 bridgehead atoms. The van der Waals surface area contributed by atoms with Gasteiger partial charge in [-0.3, -0.25) is 14.2 Å². The van der Waals surface area contributed by atoms with Crippen LogP contribution in [0.15, 0.2) is 63.5 Å². The van der Waals surface area contributed by atoms with E-state index in [-0.39, 0.29) is 18.0 Å². The highest BCUT2D eigenvalue weighted by molar-refractivity contribution is 7.17. The number of thiophene rings is 1. The Hall–Kier alpha value is -3.45. The van der Waals surface area contributed by atoms with Gasteiger partial charge >= 0.3 is 5.69 Å². The van der Waals surface area contributed by atoms with Crippen LogP contribution in [-0.2, 0) is 17.8 Å². The summed E-state index contributed by atoms with van der Waals surface area (Å²) in [5.74, 6) is -0.318. The predicted octanol–water partition coefficient (Wildman–Crippen LogP) is 4.03. The fourth-order valence-corrected chi connectivity index (χ4v) is 4.52. The van der Waals surface area contributed by atoms with Gasteiger partial charge in [0.2, 0.25) is 5.91 Å². The van der Waals surface area contributed by atoms with Gasteiger partial charge in [0.25, 0.3) is 5.56 Å². The quantitative estimate of drug-likeness (QED) is 0.516. The largest absolute Gasteiger partial charge is 0.336 e. The number of hydrogen-bond acceptors (Lipinski definition) is 4. The van der Waals surface area contributed by atoms with Crippen LogP contribution in [0.3, 0.4) is 0 Å². The van der Waals surface area contributed by atoms with Crippen LogP contribution < -0.4 is 16.6 Å². The number of anilines is 1. The minimum absolute atomic E-state index is 0.185. The maximum absolute atomic E-state index is 13.4. The number of para-hydroxylation sites is 1. The zero-order chi connectivity index (χ0) is 22.1. The Kier molecular flexibility index (Phi) is 5.61. The molecule has 0 unspecified atom stereocenters. The molecule has 2 aromatic heterocycles. The number of rotatable bonds is 5. The summed E-state index contributed by atoms with van der Waals surface area (Å²) < 4.78 is 3.00. The van der Waals surface area contributed by atoms with Crippen LogP contribution in [0.5, 0.6) is 0 Å². The van der Waals surface area contributed by atoms with Crippen molar-refractivity contribution < 1.29 is 4.79 Å². The molecule has 2 aromatic carbocycles. The van der Waals surface area contributed by atoms with Crippen molar-refractivity contribution in [3.05, 3.63) is 91.4 Å². The minimum Gasteiger partial charge on any atom is -0.324 e. The van der Waals surface area contributed by atoms with Crippen LogP contribution in [0, 0.1) is 13.8 Å². The van der Waals surface area contributed by atoms with E-state index in [1.54, 1.807) is 11.4 Å². The summed E-state index contributed by atoms with van der Waals surface area (Å²) in [6.45, 7) is 5.60. The molecule has 2 heterocycles. The number of hydrogen-bond donors (Lipinski definition) is 1. The van der Waals surface area contributed by atoms with Crippen LogP contribution in [0.4, 0.5) is 5.69 Å². The summed E-state index contributed by atoms with van der Waals surface area (Å²) >= 11 is 1.27. The molecular formula is C24H23N3O3S. The van der Waals surface area contributed by atoms with Crippen molar-refractivity contribution >= 4 is 33.1 Å². The molecule has 0 fully saturated rings. The second-order valence-electron chi connectivity index (χ2n) is 7.49. The summed E-state index contributed by atoms with van der Waals surface area (Å²) in [6, 6.07) is 14.9. The normalized spacial score (nSPS) is 11.1. The maximum atomic E-state index is 13.4. The molecule has 0 aliphatic rings. The lowest BCUT2D eigenvalue weighted by Gasteiger charge is -2.15. The summed E-state index contributed by atoms with van der Waals surface area (Å²) in [4.78, 5) is 39.4. The number of nitrogens with zero attached hydrogens (tertiary/aromatic N) is 2. The number of nitrogens with one attached hydrogen (secondary N) is 1. The first kappa shape index (κ1) is 20.8. The summed E-state index contributed by atoms with van der Waals surface area (Å²) in [6.07, 6.45) is 0.780. The zero-order valence-electron chi connectivity index (χ0n) is 17.6. The first-order chi connectivity index (χ1) is 14.9. The van der Waals surface area contributed by atoms with Crippen LogP contribution in [0.25, 0.3) is 15.9 Å². The van der Waals surface area contributed by atoms with Gasteiger partial charge in [-0.05, 0) is 60.5 Å². The van der Waals surface area contributed by atoms with Gasteiger partial charge in [0, 0.05) is 5.69 Å². The molecule has 6 nitrogen and oxygen atoms in total. The number of amides is 1. The molecule has 0 saturated carbocycles. The SMILES string of the molecule is CCc1ccccc1NC(=O)Cn1c(=O)n(-c2cc(C)ccc2C)c(=O)c2sccc21. The third kappa shape index (κ3) is 3.84. The van der Waals surface area contributed by atoms with Crippen molar-refractivity contribution in [1.29, 1.82) is 0 Å². The van der Waals surface area contributed by atoms with Gasteiger partial charge in [-0.2, -0.15) is 0 Å². The standard InChI is InChI=1S/C24H23N3O3S/c1-4-17-7-5-6-8-18(17)25-21(28)14-26-19-11-12-31-22(19)23(29)27(24(26)30)20-13-15(2)9-10-16(20)3/h5-13H,4,14H2,1-3H3,(H,25,28). The van der Waals surface area contributed by atoms with Crippen molar-refractivity contribution in [2.45, 2.75) is 33.7 Å². The molecule has 0 radical (unpaired) electrons. The Bertz CT molecular complexity index is 1410. The monoisotopic (exact) mass is 433 g/mol. The molecule has 4 rings (SSSR count). The van der Waals surface area contributed by atoms with E-state index < -0.39 is 5.69 Å². The van der Waals surface area contributed by atoms with Gasteiger partial charge in [-0.1, -0.05) is 37.3 Å². The number of carbonyl (C=O) groups is 1. The van der Waals surface area contributed by atoms with Crippen molar-refractivity contribution in [2.24, 2.45) is 0 Å². The van der Waals surface area contributed by atoms with Crippen molar-refractivity contribution in [3.8, 4) is 5.69 Å². The topological polar surface area (TPSA) is 73.1 Å². The summed E-state index contributed by atoms with van der Waals surface area (Å²) in [5, 5.41) is 4.67. The molecule has 1 amide bonds. The summed E-state index contributed by atoms with van der Waals surface area (Å²) in [5.41, 5.74) is 3.63. The van der Waals surface area contributed by atoms with E-state index in [2.05, 4.69) is 5.32 Å². The number of aromatic nitrogens is 2. The zero-order valence-corrected chi connectivity index (χ0v) is 18.5. The molecule has 31 heavy (non-hydrogen) atoms. The Morgan fingerprint density at radius 2 is 1.84 bits per heavy atom. The van der Waals surface area contributed by atoms with E-state index >= 15 is 0 Å². The second-order valence-corrected chi connectivity index (χ2v) is 8.41. The Morgan fingerprint density at radius 1 is 1.06 bits per heavy atom. The van der Waals surface area contributed by atoms with Crippen LogP contribution in [0.1, 0.15) is 23.6 Å². The van der Waals surface area contributed by atoms with E-state index in [9.17, 15) is 14.4 Å². The second kappa shape index (κ2) is 8.35. The lowest BCUT2D eigenvalue weighted by Crippen LogP contribution is -2.40. The highest BCUT2D eigenvalue weighted by atomic mass is 32.1. The number of aryl methyl sites for hydroxylation is 3. The number of carbonyl (C=O) groups excluding carboxylic acids is 1. The van der Waals surface area contributed by atoms with Crippen molar-refractivity contribution in [2.75, 3.05) is 5.32 Å². The first-order valence-corrected chi connectivity index (χ1v) is 11.0. The minimum atomic E-state index is -0.525. The van der Waals surface area contributed by atoms with Crippen LogP contribution in [0.2, 0.25) is 0 Å². The number of benzene rings is 2. The molecule has 0 saturated heterocycles. The fourth-order valence-electron chi connectivity index (χ4n) is 3.70. The molecule has 1 N–H and O–H groups in total. The van der Waals surface area contributed by atoms with Gasteiger partial charge in [-0.25, -0.2) is 9.36 Å². The molecule has 158 valence electrons. The third-order valence-corrected chi connectivity index (χ3v) is 6.23. The average Bonchev–Trinajstić information content (AvgIpc) is 3.24. The Morgan fingerprint density at radius 3 is 2.61 bits per heavy atom. The Balaban J connectivity index is 1.82. The van der Waals surface area contributed by atoms with E-state index in [0.717, 1.165) is 28.8 Å². The first-order valence-electron chi connectivity index (χ1n) is 10.1. The van der Waals surface area contributed by atoms with Gasteiger partial charge in [0.1, 0.15) is 11.2 Å². The third-order valence-electron chi connectivity index (χ3n) is 5.33. The van der Waals surface area contributed by atoms with Gasteiger partial charge < -0.3 is 5.32 Å². The van der Waals surface area contributed by atoms with Gasteiger partial charge in [0.05, 0.1) is 11.2 Å². The molecule has 0 atom stereocenters. The molecule has 0 spiro atoms. The highest BCUT2D eigenvalue weighted by Gasteiger charge is 2.19.